The minimum Gasteiger partial charge on any atom is -0.493 e. The van der Waals surface area contributed by atoms with Crippen LogP contribution in [0, 0.1) is 0 Å². The Labute approximate surface area is 154 Å². The van der Waals surface area contributed by atoms with Gasteiger partial charge in [0.1, 0.15) is 0 Å². The monoisotopic (exact) mass is 354 g/mol. The Morgan fingerprint density at radius 2 is 1.81 bits per heavy atom. The van der Waals surface area contributed by atoms with E-state index in [9.17, 15) is 4.79 Å². The highest BCUT2D eigenvalue weighted by Crippen LogP contribution is 2.34. The van der Waals surface area contributed by atoms with Crippen LogP contribution in [0.1, 0.15) is 28.3 Å². The Balaban J connectivity index is 1.83. The van der Waals surface area contributed by atoms with Gasteiger partial charge in [-0.2, -0.15) is 0 Å². The molecular weight excluding hydrogens is 328 g/mol. The number of hydrogen-bond acceptors (Lipinski definition) is 4. The summed E-state index contributed by atoms with van der Waals surface area (Å²) in [6.07, 6.45) is 0.911. The lowest BCUT2D eigenvalue weighted by atomic mass is 9.85. The van der Waals surface area contributed by atoms with Gasteiger partial charge in [-0.25, -0.2) is 0 Å². The molecule has 0 spiro atoms. The first-order valence-corrected chi connectivity index (χ1v) is 8.88. The van der Waals surface area contributed by atoms with E-state index >= 15 is 0 Å². The predicted molar refractivity (Wildman–Crippen MR) is 102 cm³/mol. The number of amides is 1. The minimum atomic E-state index is -0.0226. The molecule has 0 aromatic heterocycles. The molecule has 2 atom stereocenters. The molecule has 0 saturated carbocycles. The second-order valence-corrected chi connectivity index (χ2v) is 6.72. The lowest BCUT2D eigenvalue weighted by molar-refractivity contribution is 0.0904. The molecule has 1 fully saturated rings. The van der Waals surface area contributed by atoms with Gasteiger partial charge >= 0.3 is 0 Å². The Morgan fingerprint density at radius 3 is 2.50 bits per heavy atom. The Hall–Kier alpha value is -2.53. The first-order chi connectivity index (χ1) is 12.6. The van der Waals surface area contributed by atoms with E-state index < -0.39 is 0 Å². The molecule has 138 valence electrons. The van der Waals surface area contributed by atoms with Gasteiger partial charge in [0.15, 0.2) is 11.5 Å². The molecule has 1 heterocycles. The average Bonchev–Trinajstić information content (AvgIpc) is 2.69. The summed E-state index contributed by atoms with van der Waals surface area (Å²) in [6.45, 7) is 1.85. The van der Waals surface area contributed by atoms with E-state index in [1.54, 1.807) is 14.2 Å². The van der Waals surface area contributed by atoms with Crippen LogP contribution in [0.15, 0.2) is 48.5 Å². The molecule has 5 nitrogen and oxygen atoms in total. The summed E-state index contributed by atoms with van der Waals surface area (Å²) in [5.74, 6) is 1.60. The fourth-order valence-electron chi connectivity index (χ4n) is 3.55. The van der Waals surface area contributed by atoms with Crippen LogP contribution in [0.5, 0.6) is 11.5 Å². The number of ether oxygens (including phenoxy) is 2. The number of nitrogens with one attached hydrogen (secondary N) is 1. The van der Waals surface area contributed by atoms with E-state index in [0.29, 0.717) is 17.1 Å². The summed E-state index contributed by atoms with van der Waals surface area (Å²) < 4.78 is 10.8. The highest BCUT2D eigenvalue weighted by atomic mass is 16.5. The van der Waals surface area contributed by atoms with Crippen molar-refractivity contribution >= 4 is 5.91 Å². The lowest BCUT2D eigenvalue weighted by Gasteiger charge is -2.37. The highest BCUT2D eigenvalue weighted by Gasteiger charge is 2.31. The minimum absolute atomic E-state index is 0.0226. The summed E-state index contributed by atoms with van der Waals surface area (Å²) >= 11 is 0. The van der Waals surface area contributed by atoms with E-state index in [1.165, 1.54) is 0 Å². The van der Waals surface area contributed by atoms with Crippen LogP contribution < -0.4 is 14.8 Å². The summed E-state index contributed by atoms with van der Waals surface area (Å²) in [5.41, 5.74) is 1.84. The number of likely N-dealkylation sites (N-methyl/N-ethyl adjacent to an activating group) is 1. The van der Waals surface area contributed by atoms with Gasteiger partial charge < -0.3 is 19.7 Å². The van der Waals surface area contributed by atoms with Crippen molar-refractivity contribution in [3.8, 4) is 11.5 Å². The molecule has 1 amide bonds. The van der Waals surface area contributed by atoms with Crippen LogP contribution >= 0.6 is 0 Å². The van der Waals surface area contributed by atoms with Crippen molar-refractivity contribution < 1.29 is 14.3 Å². The van der Waals surface area contributed by atoms with E-state index in [0.717, 1.165) is 25.1 Å². The van der Waals surface area contributed by atoms with E-state index in [2.05, 4.69) is 23.3 Å². The zero-order valence-corrected chi connectivity index (χ0v) is 15.6. The van der Waals surface area contributed by atoms with Crippen molar-refractivity contribution in [2.45, 2.75) is 18.4 Å². The number of piperidine rings is 1. The van der Waals surface area contributed by atoms with Crippen LogP contribution in [0.2, 0.25) is 0 Å². The van der Waals surface area contributed by atoms with Gasteiger partial charge in [-0.05, 0) is 49.8 Å². The fourth-order valence-corrected chi connectivity index (χ4v) is 3.55. The zero-order chi connectivity index (χ0) is 18.5. The summed E-state index contributed by atoms with van der Waals surface area (Å²) in [6, 6.07) is 15.5. The first-order valence-electron chi connectivity index (χ1n) is 8.88. The Bertz CT molecular complexity index is 748. The van der Waals surface area contributed by atoms with Gasteiger partial charge in [-0.15, -0.1) is 0 Å². The maximum atomic E-state index is 12.6. The van der Waals surface area contributed by atoms with Crippen LogP contribution in [-0.2, 0) is 0 Å². The van der Waals surface area contributed by atoms with Crippen molar-refractivity contribution in [1.29, 1.82) is 0 Å². The number of rotatable bonds is 5. The molecule has 1 aliphatic rings. The lowest BCUT2D eigenvalue weighted by Crippen LogP contribution is -2.48. The average molecular weight is 354 g/mol. The third-order valence-electron chi connectivity index (χ3n) is 5.00. The molecule has 3 rings (SSSR count). The summed E-state index contributed by atoms with van der Waals surface area (Å²) in [4.78, 5) is 14.9. The fraction of sp³-hybridized carbons (Fsp3) is 0.381. The van der Waals surface area contributed by atoms with Crippen LogP contribution in [-0.4, -0.2) is 51.2 Å². The number of hydrogen-bond donors (Lipinski definition) is 1. The van der Waals surface area contributed by atoms with Gasteiger partial charge in [0.25, 0.3) is 5.91 Å². The standard InChI is InChI=1S/C21H26N2O3/c1-23-12-11-18(22-21(24)15-7-5-4-6-8-15)17(14-23)16-9-10-19(25-2)20(13-16)26-3/h4-10,13,17-18H,11-12,14H2,1-3H3,(H,22,24)/t17-,18-/m1/s1. The van der Waals surface area contributed by atoms with E-state index in [-0.39, 0.29) is 17.9 Å². The van der Waals surface area contributed by atoms with E-state index in [4.69, 9.17) is 9.47 Å². The molecule has 0 aliphatic carbocycles. The number of carbonyl (C=O) groups is 1. The number of benzene rings is 2. The third kappa shape index (κ3) is 3.99. The summed E-state index contributed by atoms with van der Waals surface area (Å²) in [7, 11) is 5.39. The molecule has 1 saturated heterocycles. The quantitative estimate of drug-likeness (QED) is 0.897. The van der Waals surface area contributed by atoms with Gasteiger partial charge in [-0.1, -0.05) is 24.3 Å². The van der Waals surface area contributed by atoms with Gasteiger partial charge in [-0.3, -0.25) is 4.79 Å². The Morgan fingerprint density at radius 1 is 1.08 bits per heavy atom. The number of methoxy groups -OCH3 is 2. The summed E-state index contributed by atoms with van der Waals surface area (Å²) in [5, 5.41) is 3.23. The topological polar surface area (TPSA) is 50.8 Å². The highest BCUT2D eigenvalue weighted by molar-refractivity contribution is 5.94. The molecule has 0 radical (unpaired) electrons. The van der Waals surface area contributed by atoms with Crippen molar-refractivity contribution in [3.05, 3.63) is 59.7 Å². The normalized spacial score (nSPS) is 20.4. The van der Waals surface area contributed by atoms with Gasteiger partial charge in [0, 0.05) is 24.1 Å². The van der Waals surface area contributed by atoms with Crippen molar-refractivity contribution in [1.82, 2.24) is 10.2 Å². The van der Waals surface area contributed by atoms with Crippen LogP contribution in [0.3, 0.4) is 0 Å². The second-order valence-electron chi connectivity index (χ2n) is 6.72. The smallest absolute Gasteiger partial charge is 0.251 e. The second kappa shape index (κ2) is 8.23. The largest absolute Gasteiger partial charge is 0.493 e. The predicted octanol–water partition coefficient (Wildman–Crippen LogP) is 2.92. The third-order valence-corrected chi connectivity index (χ3v) is 5.00. The van der Waals surface area contributed by atoms with E-state index in [1.807, 2.05) is 42.5 Å². The maximum Gasteiger partial charge on any atom is 0.251 e. The molecule has 26 heavy (non-hydrogen) atoms. The molecule has 2 aromatic carbocycles. The number of nitrogens with zero attached hydrogens (tertiary/aromatic N) is 1. The van der Waals surface area contributed by atoms with Crippen molar-refractivity contribution in [2.24, 2.45) is 0 Å². The molecule has 0 unspecified atom stereocenters. The van der Waals surface area contributed by atoms with Crippen molar-refractivity contribution in [3.63, 3.8) is 0 Å². The molecule has 2 aromatic rings. The SMILES string of the molecule is COc1ccc([C@H]2CN(C)CC[C@H]2NC(=O)c2ccccc2)cc1OC. The number of carbonyl (C=O) groups excluding carboxylic acids is 1. The van der Waals surface area contributed by atoms with Crippen molar-refractivity contribution in [2.75, 3.05) is 34.4 Å². The maximum absolute atomic E-state index is 12.6. The van der Waals surface area contributed by atoms with Crippen LogP contribution in [0.4, 0.5) is 0 Å². The zero-order valence-electron chi connectivity index (χ0n) is 15.6. The molecule has 1 N–H and O–H groups in total. The molecule has 1 aliphatic heterocycles. The number of likely N-dealkylation sites (tertiary alicyclic amines) is 1. The molecular formula is C21H26N2O3. The molecule has 0 bridgehead atoms. The molecule has 5 heteroatoms. The van der Waals surface area contributed by atoms with Gasteiger partial charge in [0.2, 0.25) is 0 Å². The Kier molecular flexibility index (Phi) is 5.78. The van der Waals surface area contributed by atoms with Crippen LogP contribution in [0.25, 0.3) is 0 Å². The first kappa shape index (κ1) is 18.3. The van der Waals surface area contributed by atoms with Gasteiger partial charge in [0.05, 0.1) is 14.2 Å².